The van der Waals surface area contributed by atoms with E-state index in [1.807, 2.05) is 0 Å². The molecule has 0 aliphatic rings. The summed E-state index contributed by atoms with van der Waals surface area (Å²) in [6.07, 6.45) is 0. The average molecular weight is 236 g/mol. The van der Waals surface area contributed by atoms with Crippen molar-refractivity contribution in [3.63, 3.8) is 0 Å². The molecule has 0 aromatic carbocycles. The summed E-state index contributed by atoms with van der Waals surface area (Å²) in [5.74, 6) is 0. The Morgan fingerprint density at radius 2 is 1.75 bits per heavy atom. The fraction of sp³-hybridized carbons (Fsp3) is 0. The van der Waals surface area contributed by atoms with Gasteiger partial charge in [0, 0.05) is 20.1 Å². The molecular weight excluding hydrogens is 236 g/mol. The van der Waals surface area contributed by atoms with Gasteiger partial charge in [0.15, 0.2) is 4.91 Å². The number of hydrogen-bond acceptors (Lipinski definition) is 1. The monoisotopic (exact) mass is 237 g/mol. The summed E-state index contributed by atoms with van der Waals surface area (Å²) < 4.78 is 0. The molecule has 0 saturated carbocycles. The Morgan fingerprint density at radius 3 is 1.75 bits per heavy atom. The van der Waals surface area contributed by atoms with E-state index in [2.05, 4.69) is 0 Å². The molecule has 0 bridgehead atoms. The van der Waals surface area contributed by atoms with E-state index in [-0.39, 0.29) is 20.1 Å². The Labute approximate surface area is 36.2 Å². The summed E-state index contributed by atoms with van der Waals surface area (Å²) in [6, 6.07) is 0. The standard InChI is InChI=1S/Ir.N2O/c;1-2-3. The van der Waals surface area contributed by atoms with E-state index in [0.717, 1.165) is 0 Å². The third kappa shape index (κ3) is 1090. The maximum Gasteiger partial charge on any atom is 0.151 e. The Kier molecular flexibility index (Phi) is 27.9. The predicted molar refractivity (Wildman–Crippen MR) is 8.86 cm³/mol. The Hall–Kier alpha value is -0.0406. The summed E-state index contributed by atoms with van der Waals surface area (Å²) in [7, 11) is 0. The molecule has 0 aliphatic carbocycles. The van der Waals surface area contributed by atoms with Crippen LogP contribution in [0.15, 0.2) is 0 Å². The zero-order chi connectivity index (χ0) is 2.71. The SMILES string of the molecule is [Ir].[N-]=[N+]=O. The molecule has 4 heavy (non-hydrogen) atoms. The van der Waals surface area contributed by atoms with Crippen molar-refractivity contribution in [3.8, 4) is 0 Å². The molecule has 0 N–H and O–H groups in total. The first-order valence-corrected chi connectivity index (χ1v) is 0.383. The van der Waals surface area contributed by atoms with Crippen LogP contribution in [0.25, 0.3) is 5.53 Å². The van der Waals surface area contributed by atoms with Gasteiger partial charge in [-0.15, -0.1) is 0 Å². The van der Waals surface area contributed by atoms with E-state index in [1.54, 1.807) is 0 Å². The number of nitroso groups, excluding NO2 is 1. The van der Waals surface area contributed by atoms with Crippen LogP contribution in [0.3, 0.4) is 0 Å². The van der Waals surface area contributed by atoms with Gasteiger partial charge in [-0.2, -0.15) is 0 Å². The van der Waals surface area contributed by atoms with Gasteiger partial charge in [0.05, 0.1) is 0 Å². The molecular formula is IrN2O. The molecule has 0 heterocycles. The van der Waals surface area contributed by atoms with Crippen molar-refractivity contribution in [2.45, 2.75) is 0 Å². The van der Waals surface area contributed by atoms with Gasteiger partial charge >= 0.3 is 0 Å². The summed E-state index contributed by atoms with van der Waals surface area (Å²) in [5.41, 5.74) is 6.64. The molecule has 0 aliphatic heterocycles. The van der Waals surface area contributed by atoms with Crippen LogP contribution in [-0.2, 0) is 20.1 Å². The summed E-state index contributed by atoms with van der Waals surface area (Å²) >= 11 is 0. The first kappa shape index (κ1) is 9.03. The van der Waals surface area contributed by atoms with Crippen molar-refractivity contribution in [1.82, 2.24) is 4.97 Å². The molecule has 0 unspecified atom stereocenters. The van der Waals surface area contributed by atoms with Gasteiger partial charge in [0.25, 0.3) is 0 Å². The van der Waals surface area contributed by atoms with E-state index in [0.29, 0.717) is 0 Å². The van der Waals surface area contributed by atoms with Crippen LogP contribution in [0.5, 0.6) is 0 Å². The topological polar surface area (TPSA) is 53.5 Å². The van der Waals surface area contributed by atoms with Gasteiger partial charge in [-0.1, -0.05) is 0 Å². The Morgan fingerprint density at radius 1 is 1.75 bits per heavy atom. The van der Waals surface area contributed by atoms with Crippen molar-refractivity contribution in [2.24, 2.45) is 0 Å². The van der Waals surface area contributed by atoms with Gasteiger partial charge in [-0.25, -0.2) is 0 Å². The predicted octanol–water partition coefficient (Wildman–Crippen LogP) is -0.161. The van der Waals surface area contributed by atoms with Crippen molar-refractivity contribution in [2.75, 3.05) is 0 Å². The van der Waals surface area contributed by atoms with Crippen LogP contribution in [0, 0.1) is 4.91 Å². The Bertz CT molecular complexity index is 27.0. The van der Waals surface area contributed by atoms with Gasteiger partial charge in [0.2, 0.25) is 0 Å². The fourth-order valence-corrected chi connectivity index (χ4v) is 0. The average Bonchev–Trinajstić information content (AvgIpc) is 0.918. The molecule has 3 nitrogen and oxygen atoms in total. The van der Waals surface area contributed by atoms with E-state index >= 15 is 0 Å². The van der Waals surface area contributed by atoms with Crippen LogP contribution in [0.2, 0.25) is 0 Å². The molecule has 0 saturated heterocycles. The largest absolute Gasteiger partial charge is 0.294 e. The van der Waals surface area contributed by atoms with Crippen molar-refractivity contribution in [3.05, 3.63) is 10.4 Å². The van der Waals surface area contributed by atoms with Gasteiger partial charge in [-0.3, -0.25) is 5.53 Å². The van der Waals surface area contributed by atoms with Crippen LogP contribution >= 0.6 is 0 Å². The zero-order valence-corrected chi connectivity index (χ0v) is 4.03. The van der Waals surface area contributed by atoms with Gasteiger partial charge < -0.3 is 0 Å². The number of rotatable bonds is 0. The first-order valence-electron chi connectivity index (χ1n) is 0.383. The van der Waals surface area contributed by atoms with Crippen molar-refractivity contribution < 1.29 is 20.1 Å². The molecule has 0 spiro atoms. The molecule has 25 valence electrons. The second kappa shape index (κ2) is 12.3. The summed E-state index contributed by atoms with van der Waals surface area (Å²) in [6.45, 7) is 0. The van der Waals surface area contributed by atoms with Crippen LogP contribution in [0.4, 0.5) is 0 Å². The maximum atomic E-state index is 8.11. The van der Waals surface area contributed by atoms with E-state index < -0.39 is 0 Å². The molecule has 0 rings (SSSR count). The van der Waals surface area contributed by atoms with Gasteiger partial charge in [0.1, 0.15) is 4.97 Å². The third-order valence-electron chi connectivity index (χ3n) is 0. The van der Waals surface area contributed by atoms with E-state index in [1.165, 1.54) is 4.97 Å². The molecule has 4 heteroatoms. The molecule has 0 atom stereocenters. The minimum Gasteiger partial charge on any atom is -0.294 e. The molecule has 0 fully saturated rings. The maximum absolute atomic E-state index is 8.11. The quantitative estimate of drug-likeness (QED) is 0.426. The Balaban J connectivity index is 0. The zero-order valence-electron chi connectivity index (χ0n) is 1.64. The second-order valence-electron chi connectivity index (χ2n) is 0.0816. The second-order valence-corrected chi connectivity index (χ2v) is 0.0816. The summed E-state index contributed by atoms with van der Waals surface area (Å²) in [5, 5.41) is 0. The van der Waals surface area contributed by atoms with Crippen molar-refractivity contribution >= 4 is 0 Å². The van der Waals surface area contributed by atoms with Crippen LogP contribution in [0.1, 0.15) is 0 Å². The molecule has 1 radical (unpaired) electrons. The number of nitrogens with zero attached hydrogens (tertiary/aromatic N) is 2. The summed E-state index contributed by atoms with van der Waals surface area (Å²) in [4.78, 5) is 9.36. The molecule has 0 aromatic heterocycles. The van der Waals surface area contributed by atoms with Crippen molar-refractivity contribution in [1.29, 1.82) is 0 Å². The first-order chi connectivity index (χ1) is 1.41. The van der Waals surface area contributed by atoms with E-state index in [4.69, 9.17) is 10.4 Å². The third-order valence-corrected chi connectivity index (χ3v) is 0. The van der Waals surface area contributed by atoms with E-state index in [9.17, 15) is 0 Å². The normalized spacial score (nSPS) is 2.00. The fourth-order valence-electron chi connectivity index (χ4n) is 0. The van der Waals surface area contributed by atoms with Gasteiger partial charge in [-0.05, 0) is 0 Å². The minimum absolute atomic E-state index is 0. The number of hydrogen-bond donors (Lipinski definition) is 0. The smallest absolute Gasteiger partial charge is 0.151 e. The van der Waals surface area contributed by atoms with Crippen LogP contribution < -0.4 is 4.97 Å². The minimum atomic E-state index is 0. The molecule has 0 aromatic rings. The molecule has 0 amide bonds. The van der Waals surface area contributed by atoms with Crippen LogP contribution in [-0.4, -0.2) is 0 Å².